The van der Waals surface area contributed by atoms with E-state index in [9.17, 15) is 9.59 Å². The predicted molar refractivity (Wildman–Crippen MR) is 165 cm³/mol. The van der Waals surface area contributed by atoms with Crippen molar-refractivity contribution < 1.29 is 19.1 Å². The fourth-order valence-electron chi connectivity index (χ4n) is 5.50. The number of carbonyl (C=O) groups is 2. The van der Waals surface area contributed by atoms with Crippen LogP contribution in [0.4, 0.5) is 10.5 Å². The van der Waals surface area contributed by atoms with E-state index in [-0.39, 0.29) is 17.9 Å². The number of carbonyl (C=O) groups excluding carboxylic acids is 2. The molecule has 2 amide bonds. The van der Waals surface area contributed by atoms with Gasteiger partial charge in [-0.25, -0.2) is 9.78 Å². The molecule has 2 fully saturated rings. The Morgan fingerprint density at radius 3 is 2.46 bits per heavy atom. The van der Waals surface area contributed by atoms with E-state index < -0.39 is 20.2 Å². The molecule has 1 aromatic carbocycles. The van der Waals surface area contributed by atoms with Gasteiger partial charge in [0.1, 0.15) is 18.6 Å². The Balaban J connectivity index is 1.61. The van der Waals surface area contributed by atoms with Crippen LogP contribution < -0.4 is 15.5 Å². The van der Waals surface area contributed by atoms with Gasteiger partial charge in [0.2, 0.25) is 5.91 Å². The molecule has 0 unspecified atom stereocenters. The summed E-state index contributed by atoms with van der Waals surface area (Å²) >= 11 is 0. The maximum Gasteiger partial charge on any atom is 0.407 e. The van der Waals surface area contributed by atoms with Crippen LogP contribution in [0.25, 0.3) is 11.3 Å². The first-order valence-electron chi connectivity index (χ1n) is 14.9. The molecule has 11 heteroatoms. The van der Waals surface area contributed by atoms with Crippen LogP contribution in [0.1, 0.15) is 38.6 Å². The Morgan fingerprint density at radius 2 is 1.83 bits per heavy atom. The maximum absolute atomic E-state index is 13.8. The first-order valence-corrected chi connectivity index (χ1v) is 18.6. The van der Waals surface area contributed by atoms with Gasteiger partial charge < -0.3 is 34.5 Å². The van der Waals surface area contributed by atoms with Gasteiger partial charge in [0.05, 0.1) is 25.0 Å². The number of aromatic nitrogens is 2. The topological polar surface area (TPSA) is 101 Å². The molecule has 10 nitrogen and oxygen atoms in total. The maximum atomic E-state index is 13.8. The van der Waals surface area contributed by atoms with Crippen molar-refractivity contribution in [3.05, 3.63) is 36.3 Å². The van der Waals surface area contributed by atoms with Crippen molar-refractivity contribution in [3.63, 3.8) is 0 Å². The fraction of sp³-hybridized carbons (Fsp3) is 0.633. The third-order valence-corrected chi connectivity index (χ3v) is 9.68. The molecule has 0 radical (unpaired) electrons. The number of likely N-dealkylation sites (tertiary alicyclic amines) is 1. The molecule has 2 aliphatic rings. The lowest BCUT2D eigenvalue weighted by atomic mass is 10.0. The number of methoxy groups -OCH3 is 1. The molecule has 0 saturated carbocycles. The zero-order valence-corrected chi connectivity index (χ0v) is 26.6. The summed E-state index contributed by atoms with van der Waals surface area (Å²) in [7, 11) is 0.0704. The van der Waals surface area contributed by atoms with Crippen molar-refractivity contribution in [2.45, 2.75) is 71.2 Å². The molecule has 0 spiro atoms. The number of ether oxygens (including phenoxy) is 2. The third kappa shape index (κ3) is 7.90. The average molecular weight is 585 g/mol. The van der Waals surface area contributed by atoms with Gasteiger partial charge in [-0.1, -0.05) is 45.6 Å². The van der Waals surface area contributed by atoms with Crippen LogP contribution in [-0.2, 0) is 21.0 Å². The lowest BCUT2D eigenvalue weighted by Gasteiger charge is -2.31. The molecule has 0 aliphatic carbocycles. The van der Waals surface area contributed by atoms with Gasteiger partial charge in [0.15, 0.2) is 0 Å². The smallest absolute Gasteiger partial charge is 0.407 e. The summed E-state index contributed by atoms with van der Waals surface area (Å²) in [6, 6.07) is 8.89. The minimum absolute atomic E-state index is 0.0859. The zero-order valence-electron chi connectivity index (χ0n) is 25.6. The van der Waals surface area contributed by atoms with E-state index in [0.29, 0.717) is 19.9 Å². The van der Waals surface area contributed by atoms with Crippen LogP contribution in [0.5, 0.6) is 0 Å². The largest absolute Gasteiger partial charge is 0.453 e. The van der Waals surface area contributed by atoms with Crippen LogP contribution in [0.3, 0.4) is 0 Å². The van der Waals surface area contributed by atoms with Crippen molar-refractivity contribution >= 4 is 25.8 Å². The van der Waals surface area contributed by atoms with Crippen LogP contribution in [0, 0.1) is 5.92 Å². The van der Waals surface area contributed by atoms with E-state index in [0.717, 1.165) is 62.1 Å². The van der Waals surface area contributed by atoms with Crippen molar-refractivity contribution in [1.29, 1.82) is 0 Å². The summed E-state index contributed by atoms with van der Waals surface area (Å²) in [5.74, 6) is 0.631. The van der Waals surface area contributed by atoms with E-state index in [2.05, 4.69) is 64.0 Å². The molecular weight excluding hydrogens is 536 g/mol. The number of hydrogen-bond acceptors (Lipinski definition) is 7. The van der Waals surface area contributed by atoms with Gasteiger partial charge in [-0.3, -0.25) is 4.79 Å². The van der Waals surface area contributed by atoms with Gasteiger partial charge >= 0.3 is 6.09 Å². The average Bonchev–Trinajstić information content (AvgIpc) is 3.60. The van der Waals surface area contributed by atoms with E-state index in [1.165, 1.54) is 12.8 Å². The molecule has 2 N–H and O–H groups in total. The minimum atomic E-state index is -1.24. The molecule has 2 aromatic rings. The number of benzene rings is 1. The minimum Gasteiger partial charge on any atom is -0.453 e. The number of amides is 2. The summed E-state index contributed by atoms with van der Waals surface area (Å²) in [4.78, 5) is 34.9. The van der Waals surface area contributed by atoms with Crippen LogP contribution in [-0.4, -0.2) is 87.0 Å². The van der Waals surface area contributed by atoms with Crippen molar-refractivity contribution in [1.82, 2.24) is 25.1 Å². The second-order valence-corrected chi connectivity index (χ2v) is 18.2. The quantitative estimate of drug-likeness (QED) is 0.300. The molecule has 0 bridgehead atoms. The number of alkyl carbamates (subject to hydrolysis) is 1. The Labute approximate surface area is 245 Å². The summed E-state index contributed by atoms with van der Waals surface area (Å²) < 4.78 is 13.2. The lowest BCUT2D eigenvalue weighted by Crippen LogP contribution is -2.51. The number of anilines is 1. The van der Waals surface area contributed by atoms with Crippen LogP contribution in [0.15, 0.2) is 30.5 Å². The third-order valence-electron chi connectivity index (χ3n) is 7.97. The monoisotopic (exact) mass is 584 g/mol. The molecule has 41 heavy (non-hydrogen) atoms. The molecule has 1 aromatic heterocycles. The first-order chi connectivity index (χ1) is 19.6. The summed E-state index contributed by atoms with van der Waals surface area (Å²) in [6.45, 7) is 16.6. The second-order valence-electron chi connectivity index (χ2n) is 12.6. The first kappa shape index (κ1) is 31.1. The molecule has 226 valence electrons. The number of imidazole rings is 1. The van der Waals surface area contributed by atoms with E-state index in [4.69, 9.17) is 14.5 Å². The zero-order chi connectivity index (χ0) is 29.6. The van der Waals surface area contributed by atoms with Crippen molar-refractivity contribution in [2.75, 3.05) is 51.3 Å². The molecule has 4 rings (SSSR count). The van der Waals surface area contributed by atoms with Crippen molar-refractivity contribution in [2.24, 2.45) is 5.92 Å². The molecule has 2 saturated heterocycles. The van der Waals surface area contributed by atoms with Gasteiger partial charge in [-0.05, 0) is 42.5 Å². The summed E-state index contributed by atoms with van der Waals surface area (Å²) in [6.07, 6.45) is 2.99. The summed E-state index contributed by atoms with van der Waals surface area (Å²) in [5.41, 5.74) is 3.27. The molecule has 2 atom stereocenters. The predicted octanol–water partition coefficient (Wildman–Crippen LogP) is 4.32. The van der Waals surface area contributed by atoms with Crippen LogP contribution in [0.2, 0.25) is 25.7 Å². The van der Waals surface area contributed by atoms with Gasteiger partial charge in [-0.2, -0.15) is 0 Å². The van der Waals surface area contributed by atoms with Crippen molar-refractivity contribution in [3.8, 4) is 11.3 Å². The number of nitrogens with one attached hydrogen (secondary N) is 2. The Kier molecular flexibility index (Phi) is 10.5. The number of piperazine rings is 1. The highest BCUT2D eigenvalue weighted by Crippen LogP contribution is 2.35. The van der Waals surface area contributed by atoms with Crippen LogP contribution >= 0.6 is 0 Å². The van der Waals surface area contributed by atoms with Gasteiger partial charge in [-0.15, -0.1) is 0 Å². The number of rotatable bonds is 11. The van der Waals surface area contributed by atoms with E-state index in [1.807, 2.05) is 24.9 Å². The van der Waals surface area contributed by atoms with E-state index >= 15 is 0 Å². The Morgan fingerprint density at radius 1 is 1.12 bits per heavy atom. The standard InChI is InChI=1S/C30H48N6O4Si/c1-22(2)27(33-30(38)39-3)29(37)35-15-7-8-25(35)28-32-20-26(36(28)21-40-18-19-41(4,5)6)23-9-11-24(12-10-23)34-16-13-31-14-17-34/h9-12,20,22,25,27,31H,7-8,13-19,21H2,1-6H3,(H,33,38)/t25-,27-/m0/s1. The highest BCUT2D eigenvalue weighted by molar-refractivity contribution is 6.76. The van der Waals surface area contributed by atoms with Gasteiger partial charge in [0.25, 0.3) is 0 Å². The molecule has 3 heterocycles. The lowest BCUT2D eigenvalue weighted by molar-refractivity contribution is -0.135. The van der Waals surface area contributed by atoms with Gasteiger partial charge in [0, 0.05) is 53.1 Å². The Hall–Kier alpha value is -2.89. The normalized spacial score (nSPS) is 18.6. The summed E-state index contributed by atoms with van der Waals surface area (Å²) in [5, 5.41) is 6.15. The number of hydrogen-bond donors (Lipinski definition) is 2. The number of nitrogens with zero attached hydrogens (tertiary/aromatic N) is 4. The molecular formula is C30H48N6O4Si. The SMILES string of the molecule is COC(=O)N[C@H](C(=O)N1CCC[C@H]1c1ncc(-c2ccc(N3CCNCC3)cc2)n1COCC[Si](C)(C)C)C(C)C. The fourth-order valence-corrected chi connectivity index (χ4v) is 6.26. The second kappa shape index (κ2) is 13.8. The van der Waals surface area contributed by atoms with E-state index in [1.54, 1.807) is 0 Å². The Bertz CT molecular complexity index is 1160. The highest BCUT2D eigenvalue weighted by atomic mass is 28.3. The molecule has 2 aliphatic heterocycles. The highest BCUT2D eigenvalue weighted by Gasteiger charge is 2.38.